The molecule has 0 atom stereocenters. The van der Waals surface area contributed by atoms with Gasteiger partial charge in [0.1, 0.15) is 0 Å². The molecule has 0 saturated carbocycles. The topological polar surface area (TPSA) is 9.23 Å². The minimum absolute atomic E-state index is 0.963. The Labute approximate surface area is 123 Å². The Morgan fingerprint density at radius 1 is 1.17 bits per heavy atom. The minimum Gasteiger partial charge on any atom is -0.456 e. The van der Waals surface area contributed by atoms with E-state index in [1.165, 1.54) is 24.4 Å². The zero-order valence-corrected chi connectivity index (χ0v) is 15.8. The SMILES string of the molecule is C[Si](C)(C)O[Si](C)(C)CCCCc1ccsc1Cl. The molecule has 0 N–H and O–H groups in total. The molecule has 0 aliphatic carbocycles. The van der Waals surface area contributed by atoms with Gasteiger partial charge in [-0.1, -0.05) is 18.0 Å². The molecule has 1 aromatic rings. The third-order valence-electron chi connectivity index (χ3n) is 2.75. The molecule has 0 amide bonds. The molecule has 5 heteroatoms. The van der Waals surface area contributed by atoms with Gasteiger partial charge in [0.15, 0.2) is 16.6 Å². The third kappa shape index (κ3) is 6.52. The van der Waals surface area contributed by atoms with Crippen molar-refractivity contribution < 1.29 is 4.12 Å². The van der Waals surface area contributed by atoms with Crippen LogP contribution in [0.5, 0.6) is 0 Å². The van der Waals surface area contributed by atoms with E-state index in [2.05, 4.69) is 44.2 Å². The number of unbranched alkanes of at least 4 members (excludes halogenated alkanes) is 1. The maximum absolute atomic E-state index is 6.34. The van der Waals surface area contributed by atoms with Crippen LogP contribution in [0, 0.1) is 0 Å². The summed E-state index contributed by atoms with van der Waals surface area (Å²) in [5, 5.41) is 2.07. The van der Waals surface area contributed by atoms with E-state index in [9.17, 15) is 0 Å². The summed E-state index contributed by atoms with van der Waals surface area (Å²) in [6.07, 6.45) is 3.59. The summed E-state index contributed by atoms with van der Waals surface area (Å²) in [6.45, 7) is 11.6. The zero-order chi connectivity index (χ0) is 13.8. The second-order valence-electron chi connectivity index (χ2n) is 6.40. The number of hydrogen-bond donors (Lipinski definition) is 0. The highest BCUT2D eigenvalue weighted by atomic mass is 35.5. The lowest BCUT2D eigenvalue weighted by atomic mass is 10.1. The average molecular weight is 321 g/mol. The summed E-state index contributed by atoms with van der Waals surface area (Å²) in [4.78, 5) is 0. The van der Waals surface area contributed by atoms with Crippen molar-refractivity contribution >= 4 is 39.6 Å². The fraction of sp³-hybridized carbons (Fsp3) is 0.692. The summed E-state index contributed by atoms with van der Waals surface area (Å²) in [5.74, 6) is 0. The van der Waals surface area contributed by atoms with Gasteiger partial charge in [-0.15, -0.1) is 11.3 Å². The predicted molar refractivity (Wildman–Crippen MR) is 89.0 cm³/mol. The fourth-order valence-corrected chi connectivity index (χ4v) is 11.4. The first kappa shape index (κ1) is 16.4. The monoisotopic (exact) mass is 320 g/mol. The van der Waals surface area contributed by atoms with Crippen LogP contribution in [0.4, 0.5) is 0 Å². The molecule has 0 bridgehead atoms. The molecule has 0 spiro atoms. The van der Waals surface area contributed by atoms with E-state index in [4.69, 9.17) is 15.7 Å². The van der Waals surface area contributed by atoms with Gasteiger partial charge >= 0.3 is 0 Å². The van der Waals surface area contributed by atoms with E-state index < -0.39 is 16.6 Å². The smallest absolute Gasteiger partial charge is 0.173 e. The first-order chi connectivity index (χ1) is 8.20. The Balaban J connectivity index is 2.27. The van der Waals surface area contributed by atoms with E-state index >= 15 is 0 Å². The number of hydrogen-bond acceptors (Lipinski definition) is 2. The van der Waals surface area contributed by atoms with Gasteiger partial charge in [-0.05, 0) is 68.6 Å². The predicted octanol–water partition coefficient (Wildman–Crippen LogP) is 5.78. The molecule has 0 aliphatic heterocycles. The molecule has 1 heterocycles. The Hall–Kier alpha value is 0.384. The molecular formula is C13H25ClOSSi2. The maximum atomic E-state index is 6.34. The van der Waals surface area contributed by atoms with Crippen molar-refractivity contribution in [1.29, 1.82) is 0 Å². The molecule has 0 unspecified atom stereocenters. The molecular weight excluding hydrogens is 296 g/mol. The van der Waals surface area contributed by atoms with Crippen LogP contribution in [-0.4, -0.2) is 16.6 Å². The van der Waals surface area contributed by atoms with Crippen molar-refractivity contribution in [2.45, 2.75) is 58.0 Å². The lowest BCUT2D eigenvalue weighted by Crippen LogP contribution is -2.42. The Bertz CT molecular complexity index is 371. The van der Waals surface area contributed by atoms with Gasteiger partial charge < -0.3 is 4.12 Å². The Kier molecular flexibility index (Phi) is 6.12. The van der Waals surface area contributed by atoms with Crippen LogP contribution in [0.15, 0.2) is 11.4 Å². The van der Waals surface area contributed by atoms with Gasteiger partial charge in [0.2, 0.25) is 0 Å². The van der Waals surface area contributed by atoms with Gasteiger partial charge in [-0.2, -0.15) is 0 Å². The van der Waals surface area contributed by atoms with Gasteiger partial charge in [-0.3, -0.25) is 0 Å². The lowest BCUT2D eigenvalue weighted by molar-refractivity contribution is 0.541. The summed E-state index contributed by atoms with van der Waals surface area (Å²) in [5.41, 5.74) is 1.31. The highest BCUT2D eigenvalue weighted by molar-refractivity contribution is 7.14. The fourth-order valence-electron chi connectivity index (χ4n) is 2.24. The summed E-state index contributed by atoms with van der Waals surface area (Å²) >= 11 is 7.73. The molecule has 0 saturated heterocycles. The van der Waals surface area contributed by atoms with Gasteiger partial charge in [0.05, 0.1) is 4.34 Å². The van der Waals surface area contributed by atoms with Crippen LogP contribution in [0.1, 0.15) is 18.4 Å². The molecule has 104 valence electrons. The second kappa shape index (κ2) is 6.70. The van der Waals surface area contributed by atoms with Crippen LogP contribution >= 0.6 is 22.9 Å². The zero-order valence-electron chi connectivity index (χ0n) is 12.2. The van der Waals surface area contributed by atoms with E-state index in [0.717, 1.165) is 10.8 Å². The third-order valence-corrected chi connectivity index (χ3v) is 10.2. The summed E-state index contributed by atoms with van der Waals surface area (Å²) in [6, 6.07) is 3.41. The summed E-state index contributed by atoms with van der Waals surface area (Å²) in [7, 11) is -2.82. The second-order valence-corrected chi connectivity index (χ2v) is 17.0. The molecule has 0 aromatic carbocycles. The molecule has 1 rings (SSSR count). The number of rotatable bonds is 7. The molecule has 0 aliphatic rings. The van der Waals surface area contributed by atoms with E-state index in [1.54, 1.807) is 11.3 Å². The van der Waals surface area contributed by atoms with Crippen molar-refractivity contribution in [2.24, 2.45) is 0 Å². The van der Waals surface area contributed by atoms with Crippen LogP contribution in [0.25, 0.3) is 0 Å². The quantitative estimate of drug-likeness (QED) is 0.457. The Morgan fingerprint density at radius 2 is 1.83 bits per heavy atom. The van der Waals surface area contributed by atoms with Crippen molar-refractivity contribution in [1.82, 2.24) is 0 Å². The van der Waals surface area contributed by atoms with Crippen LogP contribution in [0.3, 0.4) is 0 Å². The van der Waals surface area contributed by atoms with Crippen molar-refractivity contribution in [3.05, 3.63) is 21.3 Å². The number of halogens is 1. The molecule has 0 radical (unpaired) electrons. The van der Waals surface area contributed by atoms with E-state index in [-0.39, 0.29) is 0 Å². The van der Waals surface area contributed by atoms with Crippen LogP contribution in [-0.2, 0) is 10.5 Å². The van der Waals surface area contributed by atoms with Gasteiger partial charge in [0, 0.05) is 0 Å². The number of thiophene rings is 1. The normalized spacial score (nSPS) is 13.0. The summed E-state index contributed by atoms with van der Waals surface area (Å²) < 4.78 is 7.30. The first-order valence-electron chi connectivity index (χ1n) is 6.62. The molecule has 0 fully saturated rings. The minimum atomic E-state index is -1.44. The van der Waals surface area contributed by atoms with E-state index in [1.807, 2.05) is 0 Å². The maximum Gasteiger partial charge on any atom is 0.173 e. The molecule has 1 aromatic heterocycles. The average Bonchev–Trinajstić information content (AvgIpc) is 2.55. The highest BCUT2D eigenvalue weighted by Crippen LogP contribution is 2.26. The Morgan fingerprint density at radius 3 is 2.33 bits per heavy atom. The molecule has 1 nitrogen and oxygen atoms in total. The number of aryl methyl sites for hydroxylation is 1. The van der Waals surface area contributed by atoms with Crippen molar-refractivity contribution in [2.75, 3.05) is 0 Å². The van der Waals surface area contributed by atoms with Crippen LogP contribution in [0.2, 0.25) is 43.1 Å². The van der Waals surface area contributed by atoms with E-state index in [0.29, 0.717) is 0 Å². The van der Waals surface area contributed by atoms with Crippen molar-refractivity contribution in [3.8, 4) is 0 Å². The largest absolute Gasteiger partial charge is 0.456 e. The standard InChI is InChI=1S/C13H25ClOSSi2/c1-17(2,3)15-18(4,5)11-7-6-8-12-9-10-16-13(12)14/h9-10H,6-8,11H2,1-5H3. The molecule has 18 heavy (non-hydrogen) atoms. The first-order valence-corrected chi connectivity index (χ1v) is 14.4. The lowest BCUT2D eigenvalue weighted by Gasteiger charge is -2.31. The van der Waals surface area contributed by atoms with Crippen LogP contribution < -0.4 is 0 Å². The van der Waals surface area contributed by atoms with Gasteiger partial charge in [-0.25, -0.2) is 0 Å². The van der Waals surface area contributed by atoms with Gasteiger partial charge in [0.25, 0.3) is 0 Å². The highest BCUT2D eigenvalue weighted by Gasteiger charge is 2.28. The van der Waals surface area contributed by atoms with Crippen molar-refractivity contribution in [3.63, 3.8) is 0 Å².